The molecule has 154 valence electrons. The molecule has 3 rings (SSSR count). The van der Waals surface area contributed by atoms with Crippen LogP contribution in [-0.4, -0.2) is 12.2 Å². The number of nitrogens with zero attached hydrogens (tertiary/aromatic N) is 3. The maximum atomic E-state index is 10.9. The molecule has 0 heterocycles. The third-order valence-corrected chi connectivity index (χ3v) is 6.69. The number of hydrogen-bond acceptors (Lipinski definition) is 6. The smallest absolute Gasteiger partial charge is 0.191 e. The molecule has 0 fully saturated rings. The van der Waals surface area contributed by atoms with Gasteiger partial charge in [-0.3, -0.25) is 0 Å². The number of allylic oxidation sites excluding steroid dienone is 4. The molecule has 2 aliphatic rings. The highest BCUT2D eigenvalue weighted by atomic mass is 16.5. The van der Waals surface area contributed by atoms with Crippen LogP contribution in [0.2, 0.25) is 0 Å². The zero-order chi connectivity index (χ0) is 22.3. The average molecular weight is 402 g/mol. The first-order valence-corrected chi connectivity index (χ1v) is 9.95. The highest BCUT2D eigenvalue weighted by Gasteiger charge is 2.55. The number of para-hydroxylation sites is 1. The largest absolute Gasteiger partial charge is 0.504 e. The molecule has 1 aromatic carbocycles. The van der Waals surface area contributed by atoms with E-state index in [1.165, 1.54) is 7.11 Å². The van der Waals surface area contributed by atoms with Crippen molar-refractivity contribution in [3.63, 3.8) is 0 Å². The van der Waals surface area contributed by atoms with Gasteiger partial charge in [-0.1, -0.05) is 39.0 Å². The predicted molar refractivity (Wildman–Crippen MR) is 112 cm³/mol. The van der Waals surface area contributed by atoms with Crippen LogP contribution < -0.4 is 10.5 Å². The summed E-state index contributed by atoms with van der Waals surface area (Å²) in [4.78, 5) is 0. The molecule has 0 amide bonds. The Labute approximate surface area is 177 Å². The number of nitriles is 3. The van der Waals surface area contributed by atoms with Crippen molar-refractivity contribution in [1.29, 1.82) is 15.8 Å². The molecule has 3 N–H and O–H groups in total. The van der Waals surface area contributed by atoms with Crippen molar-refractivity contribution in [1.82, 2.24) is 0 Å². The molecule has 30 heavy (non-hydrogen) atoms. The minimum Gasteiger partial charge on any atom is -0.504 e. The number of ether oxygens (including phenoxy) is 1. The zero-order valence-corrected chi connectivity index (χ0v) is 17.7. The van der Waals surface area contributed by atoms with Gasteiger partial charge >= 0.3 is 0 Å². The summed E-state index contributed by atoms with van der Waals surface area (Å²) in [7, 11) is 1.45. The minimum atomic E-state index is -1.77. The third-order valence-electron chi connectivity index (χ3n) is 6.69. The van der Waals surface area contributed by atoms with Crippen LogP contribution in [0.25, 0.3) is 0 Å². The summed E-state index contributed by atoms with van der Waals surface area (Å²) in [5.41, 5.74) is 5.94. The summed E-state index contributed by atoms with van der Waals surface area (Å²) in [6.07, 6.45) is 3.50. The van der Waals surface area contributed by atoms with Gasteiger partial charge in [-0.25, -0.2) is 0 Å². The van der Waals surface area contributed by atoms with Crippen LogP contribution >= 0.6 is 0 Å². The Hall–Kier alpha value is -3.43. The van der Waals surface area contributed by atoms with Crippen LogP contribution in [0.1, 0.15) is 45.1 Å². The van der Waals surface area contributed by atoms with Crippen LogP contribution in [0.5, 0.6) is 11.5 Å². The number of methoxy groups -OCH3 is 1. The van der Waals surface area contributed by atoms with E-state index in [0.717, 1.165) is 12.0 Å². The Kier molecular flexibility index (Phi) is 5.27. The lowest BCUT2D eigenvalue weighted by molar-refractivity contribution is 0.169. The fourth-order valence-electron chi connectivity index (χ4n) is 4.90. The van der Waals surface area contributed by atoms with E-state index in [1.807, 2.05) is 6.08 Å². The predicted octanol–water partition coefficient (Wildman–Crippen LogP) is 4.27. The van der Waals surface area contributed by atoms with Crippen molar-refractivity contribution >= 4 is 0 Å². The van der Waals surface area contributed by atoms with Crippen LogP contribution in [0.15, 0.2) is 41.1 Å². The maximum absolute atomic E-state index is 10.9. The first-order chi connectivity index (χ1) is 14.2. The second-order valence-electron chi connectivity index (χ2n) is 9.11. The van der Waals surface area contributed by atoms with Crippen molar-refractivity contribution < 1.29 is 9.84 Å². The molecule has 0 bridgehead atoms. The van der Waals surface area contributed by atoms with E-state index in [2.05, 4.69) is 39.0 Å². The number of fused-ring (bicyclic) bond motifs is 1. The minimum absolute atomic E-state index is 0.00443. The molecule has 6 heteroatoms. The molecule has 0 saturated heterocycles. The van der Waals surface area contributed by atoms with Crippen molar-refractivity contribution in [3.05, 3.63) is 46.7 Å². The van der Waals surface area contributed by atoms with E-state index in [1.54, 1.807) is 18.2 Å². The lowest BCUT2D eigenvalue weighted by atomic mass is 9.54. The lowest BCUT2D eigenvalue weighted by Crippen LogP contribution is -2.44. The molecule has 1 aromatic rings. The van der Waals surface area contributed by atoms with Crippen molar-refractivity contribution in [2.75, 3.05) is 7.11 Å². The van der Waals surface area contributed by atoms with Gasteiger partial charge < -0.3 is 15.6 Å². The third kappa shape index (κ3) is 2.99. The summed E-state index contributed by atoms with van der Waals surface area (Å²) in [6, 6.07) is 11.4. The second kappa shape index (κ2) is 7.43. The van der Waals surface area contributed by atoms with Gasteiger partial charge in [-0.05, 0) is 41.7 Å². The Morgan fingerprint density at radius 3 is 2.40 bits per heavy atom. The number of phenols is 1. The molecule has 0 aromatic heterocycles. The second-order valence-corrected chi connectivity index (χ2v) is 9.11. The normalized spacial score (nSPS) is 25.2. The number of hydrogen-bond donors (Lipinski definition) is 2. The monoisotopic (exact) mass is 402 g/mol. The molecular formula is C24H26N4O2. The van der Waals surface area contributed by atoms with Gasteiger partial charge in [-0.15, -0.1) is 0 Å². The Balaban J connectivity index is 2.35. The summed E-state index contributed by atoms with van der Waals surface area (Å²) >= 11 is 0. The van der Waals surface area contributed by atoms with Crippen LogP contribution in [0.4, 0.5) is 0 Å². The fraction of sp³-hybridized carbons (Fsp3) is 0.458. The van der Waals surface area contributed by atoms with E-state index in [-0.39, 0.29) is 40.0 Å². The van der Waals surface area contributed by atoms with Gasteiger partial charge in [0.25, 0.3) is 0 Å². The van der Waals surface area contributed by atoms with Crippen molar-refractivity contribution in [2.45, 2.75) is 39.5 Å². The SMILES string of the molecule is COc1cccc([C@@H]2[C@H]3C[C@@H](C(C)(C)C)CC=C3C(C#N)=C(N)C2(C#N)C#N)c1O. The van der Waals surface area contributed by atoms with E-state index in [0.29, 0.717) is 12.0 Å². The molecule has 0 radical (unpaired) electrons. The highest BCUT2D eigenvalue weighted by molar-refractivity contribution is 5.61. The molecule has 6 nitrogen and oxygen atoms in total. The lowest BCUT2D eigenvalue weighted by Gasteiger charge is -2.47. The molecule has 3 atom stereocenters. The first kappa shape index (κ1) is 21.3. The summed E-state index contributed by atoms with van der Waals surface area (Å²) in [5, 5.41) is 41.1. The van der Waals surface area contributed by atoms with Crippen LogP contribution in [0.3, 0.4) is 0 Å². The van der Waals surface area contributed by atoms with Crippen molar-refractivity contribution in [2.24, 2.45) is 28.4 Å². The summed E-state index contributed by atoms with van der Waals surface area (Å²) in [6.45, 7) is 6.48. The molecule has 0 spiro atoms. The quantitative estimate of drug-likeness (QED) is 0.760. The van der Waals surface area contributed by atoms with Gasteiger partial charge in [0, 0.05) is 11.5 Å². The molecule has 2 aliphatic carbocycles. The topological polar surface area (TPSA) is 127 Å². The molecule has 0 saturated carbocycles. The summed E-state index contributed by atoms with van der Waals surface area (Å²) in [5.74, 6) is -0.584. The number of benzene rings is 1. The Morgan fingerprint density at radius 1 is 1.20 bits per heavy atom. The Morgan fingerprint density at radius 2 is 1.87 bits per heavy atom. The number of rotatable bonds is 2. The number of aromatic hydroxyl groups is 1. The highest BCUT2D eigenvalue weighted by Crippen LogP contribution is 2.59. The van der Waals surface area contributed by atoms with E-state index >= 15 is 0 Å². The maximum Gasteiger partial charge on any atom is 0.191 e. The number of nitrogens with two attached hydrogens (primary N) is 1. The van der Waals surface area contributed by atoms with Crippen LogP contribution in [0, 0.1) is 56.7 Å². The Bertz CT molecular complexity index is 1040. The van der Waals surface area contributed by atoms with Crippen molar-refractivity contribution in [3.8, 4) is 29.7 Å². The standard InChI is InChI=1S/C24H26N4O2/c1-23(2,3)14-8-9-15-17(10-14)20(16-6-5-7-19(30-4)21(16)29)24(12-26,13-27)22(28)18(15)11-25/h5-7,9,14,17,20,29H,8,10,28H2,1-4H3/t14-,17-,20+/m0/s1. The van der Waals surface area contributed by atoms with Gasteiger partial charge in [0.15, 0.2) is 16.9 Å². The van der Waals surface area contributed by atoms with E-state index < -0.39 is 11.3 Å². The van der Waals surface area contributed by atoms with Gasteiger partial charge in [0.2, 0.25) is 0 Å². The molecule has 0 unspecified atom stereocenters. The zero-order valence-electron chi connectivity index (χ0n) is 17.7. The fourth-order valence-corrected chi connectivity index (χ4v) is 4.90. The molecule has 0 aliphatic heterocycles. The molecular weight excluding hydrogens is 376 g/mol. The van der Waals surface area contributed by atoms with Gasteiger partial charge in [0.1, 0.15) is 6.07 Å². The number of phenolic OH excluding ortho intramolecular Hbond substituents is 1. The van der Waals surface area contributed by atoms with E-state index in [9.17, 15) is 20.9 Å². The van der Waals surface area contributed by atoms with Crippen LogP contribution in [-0.2, 0) is 0 Å². The van der Waals surface area contributed by atoms with Gasteiger partial charge in [-0.2, -0.15) is 15.8 Å². The van der Waals surface area contributed by atoms with E-state index in [4.69, 9.17) is 10.5 Å². The van der Waals surface area contributed by atoms with Gasteiger partial charge in [0.05, 0.1) is 30.5 Å². The summed E-state index contributed by atoms with van der Waals surface area (Å²) < 4.78 is 5.27. The first-order valence-electron chi connectivity index (χ1n) is 9.95. The average Bonchev–Trinajstić information content (AvgIpc) is 2.72.